The number of hydrogen-bond acceptors (Lipinski definition) is 1. The number of thiol groups is 1. The maximum atomic E-state index is 12.6. The van der Waals surface area contributed by atoms with Gasteiger partial charge in [0.25, 0.3) is 0 Å². The number of hydrogen-bond donors (Lipinski definition) is 1. The second-order valence-corrected chi connectivity index (χ2v) is 2.57. The first-order valence-electron chi connectivity index (χ1n) is 2.79. The van der Waals surface area contributed by atoms with E-state index < -0.39 is 0 Å². The van der Waals surface area contributed by atoms with Gasteiger partial charge in [0.2, 0.25) is 0 Å². The number of rotatable bonds is 1. The van der Waals surface area contributed by atoms with E-state index in [-0.39, 0.29) is 10.8 Å². The minimum absolute atomic E-state index is 0.178. The van der Waals surface area contributed by atoms with Crippen LogP contribution in [0, 0.1) is 5.82 Å². The Balaban J connectivity index is 3.14. The highest BCUT2D eigenvalue weighted by Gasteiger charge is 2.01. The van der Waals surface area contributed by atoms with Crippen LogP contribution in [0.25, 0.3) is 0 Å². The molecule has 1 aromatic rings. The van der Waals surface area contributed by atoms with Crippen molar-refractivity contribution in [1.29, 1.82) is 0 Å². The summed E-state index contributed by atoms with van der Waals surface area (Å²) >= 11 is 9.55. The van der Waals surface area contributed by atoms with Gasteiger partial charge in [0, 0.05) is 5.75 Å². The molecule has 0 N–H and O–H groups in total. The summed E-state index contributed by atoms with van der Waals surface area (Å²) in [5.41, 5.74) is 0.727. The van der Waals surface area contributed by atoms with Gasteiger partial charge in [0.15, 0.2) is 0 Å². The largest absolute Gasteiger partial charge is 0.205 e. The fourth-order valence-electron chi connectivity index (χ4n) is 0.671. The van der Waals surface area contributed by atoms with E-state index in [0.29, 0.717) is 5.75 Å². The van der Waals surface area contributed by atoms with Gasteiger partial charge in [-0.05, 0) is 11.6 Å². The van der Waals surface area contributed by atoms with Gasteiger partial charge in [0.1, 0.15) is 5.82 Å². The van der Waals surface area contributed by atoms with Gasteiger partial charge in [-0.15, -0.1) is 0 Å². The van der Waals surface area contributed by atoms with Crippen LogP contribution < -0.4 is 0 Å². The molecule has 0 heterocycles. The molecule has 0 bridgehead atoms. The van der Waals surface area contributed by atoms with Crippen molar-refractivity contribution in [2.45, 2.75) is 5.75 Å². The van der Waals surface area contributed by atoms with Crippen LogP contribution >= 0.6 is 24.2 Å². The minimum Gasteiger partial charge on any atom is -0.205 e. The molecule has 0 aromatic heterocycles. The normalized spacial score (nSPS) is 9.90. The van der Waals surface area contributed by atoms with Crippen LogP contribution in [0.2, 0.25) is 5.02 Å². The molecule has 0 unspecified atom stereocenters. The van der Waals surface area contributed by atoms with E-state index in [1.165, 1.54) is 6.07 Å². The Morgan fingerprint density at radius 3 is 2.70 bits per heavy atom. The Morgan fingerprint density at radius 2 is 2.20 bits per heavy atom. The van der Waals surface area contributed by atoms with Crippen LogP contribution in [0.5, 0.6) is 0 Å². The Hall–Kier alpha value is -0.210. The van der Waals surface area contributed by atoms with Crippen LogP contribution in [0.3, 0.4) is 0 Å². The fraction of sp³-hybridized carbons (Fsp3) is 0.143. The zero-order chi connectivity index (χ0) is 7.56. The van der Waals surface area contributed by atoms with Crippen molar-refractivity contribution in [3.8, 4) is 0 Å². The molecule has 0 radical (unpaired) electrons. The standard InChI is InChI=1S/C7H6ClFS/c8-7-5(4-10)2-1-3-6(7)9/h1-3,10H,4H2. The summed E-state index contributed by atoms with van der Waals surface area (Å²) in [5, 5.41) is 0.178. The van der Waals surface area contributed by atoms with Crippen molar-refractivity contribution in [2.75, 3.05) is 0 Å². The lowest BCUT2D eigenvalue weighted by molar-refractivity contribution is 0.627. The molecule has 0 amide bonds. The molecular weight excluding hydrogens is 171 g/mol. The van der Waals surface area contributed by atoms with Crippen molar-refractivity contribution in [3.63, 3.8) is 0 Å². The predicted octanol–water partition coefficient (Wildman–Crippen LogP) is 2.91. The van der Waals surface area contributed by atoms with Crippen LogP contribution in [-0.2, 0) is 5.75 Å². The number of halogens is 2. The van der Waals surface area contributed by atoms with E-state index >= 15 is 0 Å². The molecule has 0 spiro atoms. The molecule has 0 nitrogen and oxygen atoms in total. The Morgan fingerprint density at radius 1 is 1.50 bits per heavy atom. The molecule has 0 aliphatic rings. The average Bonchev–Trinajstić information content (AvgIpc) is 1.95. The highest BCUT2D eigenvalue weighted by molar-refractivity contribution is 7.79. The van der Waals surface area contributed by atoms with Gasteiger partial charge >= 0.3 is 0 Å². The zero-order valence-corrected chi connectivity index (χ0v) is 6.79. The van der Waals surface area contributed by atoms with Crippen LogP contribution in [0.15, 0.2) is 18.2 Å². The van der Waals surface area contributed by atoms with Crippen molar-refractivity contribution in [3.05, 3.63) is 34.6 Å². The molecule has 0 aliphatic heterocycles. The summed E-state index contributed by atoms with van der Waals surface area (Å²) in [5.74, 6) is 0.0876. The first kappa shape index (κ1) is 7.89. The van der Waals surface area contributed by atoms with Crippen LogP contribution in [0.1, 0.15) is 5.56 Å². The van der Waals surface area contributed by atoms with Gasteiger partial charge in [-0.25, -0.2) is 4.39 Å². The second-order valence-electron chi connectivity index (χ2n) is 1.87. The quantitative estimate of drug-likeness (QED) is 0.625. The molecule has 1 rings (SSSR count). The number of benzene rings is 1. The molecular formula is C7H6ClFS. The highest BCUT2D eigenvalue weighted by Crippen LogP contribution is 2.20. The predicted molar refractivity (Wildman–Crippen MR) is 44.1 cm³/mol. The smallest absolute Gasteiger partial charge is 0.142 e. The third-order valence-electron chi connectivity index (χ3n) is 1.20. The molecule has 0 fully saturated rings. The third-order valence-corrected chi connectivity index (χ3v) is 1.97. The van der Waals surface area contributed by atoms with E-state index in [0.717, 1.165) is 5.56 Å². The molecule has 0 saturated carbocycles. The highest BCUT2D eigenvalue weighted by atomic mass is 35.5. The van der Waals surface area contributed by atoms with Crippen molar-refractivity contribution in [1.82, 2.24) is 0 Å². The van der Waals surface area contributed by atoms with Gasteiger partial charge in [-0.3, -0.25) is 0 Å². The summed E-state index contributed by atoms with van der Waals surface area (Å²) < 4.78 is 12.6. The van der Waals surface area contributed by atoms with Crippen molar-refractivity contribution >= 4 is 24.2 Å². The Bertz CT molecular complexity index is 237. The second kappa shape index (κ2) is 3.26. The molecule has 54 valence electrons. The van der Waals surface area contributed by atoms with E-state index in [1.807, 2.05) is 0 Å². The maximum absolute atomic E-state index is 12.6. The van der Waals surface area contributed by atoms with E-state index in [2.05, 4.69) is 12.6 Å². The fourth-order valence-corrected chi connectivity index (χ4v) is 1.22. The minimum atomic E-state index is -0.381. The summed E-state index contributed by atoms with van der Waals surface area (Å²) in [7, 11) is 0. The summed E-state index contributed by atoms with van der Waals surface area (Å²) in [4.78, 5) is 0. The lowest BCUT2D eigenvalue weighted by Crippen LogP contribution is -1.83. The van der Waals surface area contributed by atoms with E-state index in [1.54, 1.807) is 12.1 Å². The molecule has 0 atom stereocenters. The Kier molecular flexibility index (Phi) is 2.57. The van der Waals surface area contributed by atoms with E-state index in [4.69, 9.17) is 11.6 Å². The maximum Gasteiger partial charge on any atom is 0.142 e. The lowest BCUT2D eigenvalue weighted by Gasteiger charge is -1.98. The van der Waals surface area contributed by atoms with Gasteiger partial charge in [-0.1, -0.05) is 23.7 Å². The molecule has 10 heavy (non-hydrogen) atoms. The first-order valence-corrected chi connectivity index (χ1v) is 3.80. The van der Waals surface area contributed by atoms with Gasteiger partial charge in [0.05, 0.1) is 5.02 Å². The molecule has 0 saturated heterocycles. The topological polar surface area (TPSA) is 0 Å². The first-order chi connectivity index (χ1) is 4.75. The van der Waals surface area contributed by atoms with Crippen LogP contribution in [-0.4, -0.2) is 0 Å². The molecule has 0 aliphatic carbocycles. The van der Waals surface area contributed by atoms with Crippen molar-refractivity contribution in [2.24, 2.45) is 0 Å². The third kappa shape index (κ3) is 1.44. The zero-order valence-electron chi connectivity index (χ0n) is 5.14. The van der Waals surface area contributed by atoms with Gasteiger partial charge < -0.3 is 0 Å². The summed E-state index contributed by atoms with van der Waals surface area (Å²) in [6.07, 6.45) is 0. The van der Waals surface area contributed by atoms with Crippen LogP contribution in [0.4, 0.5) is 4.39 Å². The summed E-state index contributed by atoms with van der Waals surface area (Å²) in [6.45, 7) is 0. The average molecular weight is 177 g/mol. The Labute approximate surface area is 69.4 Å². The SMILES string of the molecule is Fc1cccc(CS)c1Cl. The lowest BCUT2D eigenvalue weighted by atomic mass is 10.2. The van der Waals surface area contributed by atoms with Crippen molar-refractivity contribution < 1.29 is 4.39 Å². The monoisotopic (exact) mass is 176 g/mol. The molecule has 3 heteroatoms. The molecule has 1 aromatic carbocycles. The van der Waals surface area contributed by atoms with E-state index in [9.17, 15) is 4.39 Å². The summed E-state index contributed by atoms with van der Waals surface area (Å²) in [6, 6.07) is 4.69. The van der Waals surface area contributed by atoms with Gasteiger partial charge in [-0.2, -0.15) is 12.6 Å².